The van der Waals surface area contributed by atoms with E-state index in [1.165, 1.54) is 18.4 Å². The van der Waals surface area contributed by atoms with E-state index in [0.29, 0.717) is 5.75 Å². The number of nitrogens with one attached hydrogen (secondary N) is 1. The fraction of sp³-hybridized carbons (Fsp3) is 0.278. The summed E-state index contributed by atoms with van der Waals surface area (Å²) in [4.78, 5) is 13.1. The molecular weight excluding hydrogens is 278 g/mol. The zero-order valence-corrected chi connectivity index (χ0v) is 12.7. The third kappa shape index (κ3) is 3.67. The number of benzene rings is 2. The lowest BCUT2D eigenvalue weighted by Crippen LogP contribution is -2.33. The minimum Gasteiger partial charge on any atom is -0.354 e. The van der Waals surface area contributed by atoms with Gasteiger partial charge in [0.15, 0.2) is 0 Å². The highest BCUT2D eigenvalue weighted by Crippen LogP contribution is 2.47. The maximum Gasteiger partial charge on any atom is 0.230 e. The lowest BCUT2D eigenvalue weighted by atomic mass is 9.96. The highest BCUT2D eigenvalue weighted by atomic mass is 32.2. The van der Waals surface area contributed by atoms with Crippen LogP contribution < -0.4 is 5.32 Å². The van der Waals surface area contributed by atoms with Gasteiger partial charge in [0.25, 0.3) is 0 Å². The van der Waals surface area contributed by atoms with Crippen LogP contribution in [0.4, 0.5) is 0 Å². The lowest BCUT2D eigenvalue weighted by molar-refractivity contribution is -0.118. The maximum atomic E-state index is 12.0. The molecule has 0 bridgehead atoms. The first-order chi connectivity index (χ1) is 10.3. The van der Waals surface area contributed by atoms with Crippen LogP contribution in [0.5, 0.6) is 0 Å². The van der Waals surface area contributed by atoms with Crippen LogP contribution in [-0.4, -0.2) is 18.2 Å². The Bertz CT molecular complexity index is 593. The number of hydrogen-bond donors (Lipinski definition) is 1. The fourth-order valence-electron chi connectivity index (χ4n) is 2.49. The zero-order valence-electron chi connectivity index (χ0n) is 11.9. The summed E-state index contributed by atoms with van der Waals surface area (Å²) in [6, 6.07) is 20.6. The molecule has 0 saturated heterocycles. The SMILES string of the molecule is O=C(CSc1ccccc1)NCC1(c2ccccc2)CC1. The normalized spacial score (nSPS) is 15.4. The van der Waals surface area contributed by atoms with Gasteiger partial charge in [-0.2, -0.15) is 0 Å². The van der Waals surface area contributed by atoms with Gasteiger partial charge in [-0.1, -0.05) is 48.5 Å². The number of hydrogen-bond acceptors (Lipinski definition) is 2. The molecule has 0 radical (unpaired) electrons. The van der Waals surface area contributed by atoms with Crippen LogP contribution in [0.1, 0.15) is 18.4 Å². The lowest BCUT2D eigenvalue weighted by Gasteiger charge is -2.16. The van der Waals surface area contributed by atoms with E-state index in [-0.39, 0.29) is 11.3 Å². The fourth-order valence-corrected chi connectivity index (χ4v) is 3.24. The highest BCUT2D eigenvalue weighted by molar-refractivity contribution is 8.00. The van der Waals surface area contributed by atoms with Gasteiger partial charge in [0.1, 0.15) is 0 Å². The van der Waals surface area contributed by atoms with Crippen molar-refractivity contribution in [1.82, 2.24) is 5.32 Å². The average Bonchev–Trinajstić information content (AvgIpc) is 3.34. The maximum absolute atomic E-state index is 12.0. The number of carbonyl (C=O) groups is 1. The first kappa shape index (κ1) is 14.2. The molecule has 3 rings (SSSR count). The Morgan fingerprint density at radius 3 is 2.24 bits per heavy atom. The average molecular weight is 297 g/mol. The Labute approximate surface area is 130 Å². The molecule has 1 aliphatic carbocycles. The first-order valence-electron chi connectivity index (χ1n) is 7.29. The molecule has 0 atom stereocenters. The van der Waals surface area contributed by atoms with Gasteiger partial charge in [0.2, 0.25) is 5.91 Å². The molecule has 0 heterocycles. The van der Waals surface area contributed by atoms with Crippen LogP contribution in [0.25, 0.3) is 0 Å². The largest absolute Gasteiger partial charge is 0.354 e. The summed E-state index contributed by atoms with van der Waals surface area (Å²) in [6.45, 7) is 0.755. The Morgan fingerprint density at radius 1 is 1.00 bits per heavy atom. The van der Waals surface area contributed by atoms with Crippen LogP contribution in [0.15, 0.2) is 65.6 Å². The number of thioether (sulfide) groups is 1. The van der Waals surface area contributed by atoms with Crippen molar-refractivity contribution in [3.63, 3.8) is 0 Å². The minimum absolute atomic E-state index is 0.117. The molecule has 21 heavy (non-hydrogen) atoms. The van der Waals surface area contributed by atoms with Crippen molar-refractivity contribution in [2.24, 2.45) is 0 Å². The van der Waals surface area contributed by atoms with Crippen LogP contribution in [0, 0.1) is 0 Å². The van der Waals surface area contributed by atoms with E-state index in [0.717, 1.165) is 11.4 Å². The number of rotatable bonds is 6. The Balaban J connectivity index is 1.48. The molecule has 2 aromatic carbocycles. The molecule has 2 nitrogen and oxygen atoms in total. The minimum atomic E-state index is 0.117. The number of amides is 1. The monoisotopic (exact) mass is 297 g/mol. The Hall–Kier alpha value is -1.74. The first-order valence-corrected chi connectivity index (χ1v) is 8.27. The van der Waals surface area contributed by atoms with E-state index < -0.39 is 0 Å². The van der Waals surface area contributed by atoms with Gasteiger partial charge in [0.05, 0.1) is 5.75 Å². The predicted octanol–water partition coefficient (Wildman–Crippen LogP) is 3.63. The van der Waals surface area contributed by atoms with Gasteiger partial charge in [-0.05, 0) is 30.5 Å². The van der Waals surface area contributed by atoms with Crippen molar-refractivity contribution >= 4 is 17.7 Å². The molecule has 0 aromatic heterocycles. The van der Waals surface area contributed by atoms with Crippen molar-refractivity contribution in [2.75, 3.05) is 12.3 Å². The van der Waals surface area contributed by atoms with Crippen molar-refractivity contribution in [1.29, 1.82) is 0 Å². The summed E-state index contributed by atoms with van der Waals surface area (Å²) < 4.78 is 0. The predicted molar refractivity (Wildman–Crippen MR) is 87.5 cm³/mol. The molecule has 3 heteroatoms. The highest BCUT2D eigenvalue weighted by Gasteiger charge is 2.44. The molecule has 0 spiro atoms. The van der Waals surface area contributed by atoms with E-state index in [2.05, 4.69) is 29.6 Å². The van der Waals surface area contributed by atoms with Gasteiger partial charge < -0.3 is 5.32 Å². The third-order valence-corrected chi connectivity index (χ3v) is 4.99. The van der Waals surface area contributed by atoms with E-state index in [1.54, 1.807) is 11.8 Å². The number of carbonyl (C=O) groups excluding carboxylic acids is 1. The summed E-state index contributed by atoms with van der Waals surface area (Å²) >= 11 is 1.58. The molecule has 2 aromatic rings. The summed E-state index contributed by atoms with van der Waals surface area (Å²) in [7, 11) is 0. The molecular formula is C18H19NOS. The van der Waals surface area contributed by atoms with Gasteiger partial charge in [0, 0.05) is 16.9 Å². The molecule has 1 fully saturated rings. The summed E-state index contributed by atoms with van der Waals surface area (Å²) in [5.41, 5.74) is 1.54. The third-order valence-electron chi connectivity index (χ3n) is 3.98. The van der Waals surface area contributed by atoms with E-state index >= 15 is 0 Å². The zero-order chi connectivity index (χ0) is 14.5. The molecule has 0 unspecified atom stereocenters. The van der Waals surface area contributed by atoms with E-state index in [1.807, 2.05) is 36.4 Å². The summed E-state index contributed by atoms with van der Waals surface area (Å²) in [5.74, 6) is 0.598. The molecule has 1 amide bonds. The topological polar surface area (TPSA) is 29.1 Å². The standard InChI is InChI=1S/C18H19NOS/c20-17(13-21-16-9-5-2-6-10-16)19-14-18(11-12-18)15-7-3-1-4-8-15/h1-10H,11-14H2,(H,19,20). The van der Waals surface area contributed by atoms with Gasteiger partial charge >= 0.3 is 0 Å². The quantitative estimate of drug-likeness (QED) is 0.825. The molecule has 1 aliphatic rings. The van der Waals surface area contributed by atoms with E-state index in [4.69, 9.17) is 0 Å². The summed E-state index contributed by atoms with van der Waals surface area (Å²) in [5, 5.41) is 3.09. The second kappa shape index (κ2) is 6.35. The second-order valence-electron chi connectivity index (χ2n) is 5.52. The summed E-state index contributed by atoms with van der Waals surface area (Å²) in [6.07, 6.45) is 2.34. The van der Waals surface area contributed by atoms with Crippen LogP contribution in [0.3, 0.4) is 0 Å². The molecule has 1 saturated carbocycles. The van der Waals surface area contributed by atoms with Crippen molar-refractivity contribution < 1.29 is 4.79 Å². The Kier molecular flexibility index (Phi) is 4.30. The van der Waals surface area contributed by atoms with Gasteiger partial charge in [-0.15, -0.1) is 11.8 Å². The molecule has 108 valence electrons. The van der Waals surface area contributed by atoms with Crippen LogP contribution in [-0.2, 0) is 10.2 Å². The van der Waals surface area contributed by atoms with Crippen molar-refractivity contribution in [3.05, 3.63) is 66.2 Å². The van der Waals surface area contributed by atoms with Crippen LogP contribution in [0.2, 0.25) is 0 Å². The van der Waals surface area contributed by atoms with Crippen LogP contribution >= 0.6 is 11.8 Å². The van der Waals surface area contributed by atoms with E-state index in [9.17, 15) is 4.79 Å². The molecule has 1 N–H and O–H groups in total. The Morgan fingerprint density at radius 2 is 1.62 bits per heavy atom. The van der Waals surface area contributed by atoms with Gasteiger partial charge in [-0.3, -0.25) is 4.79 Å². The van der Waals surface area contributed by atoms with Crippen molar-refractivity contribution in [2.45, 2.75) is 23.2 Å². The second-order valence-corrected chi connectivity index (χ2v) is 6.57. The van der Waals surface area contributed by atoms with Crippen molar-refractivity contribution in [3.8, 4) is 0 Å². The molecule has 0 aliphatic heterocycles. The smallest absolute Gasteiger partial charge is 0.230 e. The van der Waals surface area contributed by atoms with Gasteiger partial charge in [-0.25, -0.2) is 0 Å².